The number of rotatable bonds is 0. The fraction of sp³-hybridized carbons (Fsp3) is 1.00. The average molecular weight is 445 g/mol. The zero-order valence-electron chi connectivity index (χ0n) is 22.4. The SMILES string of the molecule is C[C@H]1[C@H]2[C@H]3CC[C@@H]4[C@@]5(C)CC[C@H](O)C(C)(C)[C@@H]5CC[C@@]4(C)[C@]3(C)CC[C@@]2(C)CC[C@]1(C)O. The second kappa shape index (κ2) is 6.77. The van der Waals surface area contributed by atoms with E-state index in [1.165, 1.54) is 51.4 Å². The first-order chi connectivity index (χ1) is 14.6. The van der Waals surface area contributed by atoms with Crippen LogP contribution in [0.2, 0.25) is 0 Å². The van der Waals surface area contributed by atoms with Crippen molar-refractivity contribution in [2.45, 2.75) is 131 Å². The van der Waals surface area contributed by atoms with Gasteiger partial charge in [0.15, 0.2) is 0 Å². The molecule has 2 nitrogen and oxygen atoms in total. The summed E-state index contributed by atoms with van der Waals surface area (Å²) in [7, 11) is 0. The van der Waals surface area contributed by atoms with Gasteiger partial charge in [-0.1, -0.05) is 48.5 Å². The summed E-state index contributed by atoms with van der Waals surface area (Å²) in [6.45, 7) is 19.8. The maximum absolute atomic E-state index is 11.3. The van der Waals surface area contributed by atoms with Gasteiger partial charge in [-0.3, -0.25) is 0 Å². The monoisotopic (exact) mass is 444 g/mol. The molecule has 0 aromatic rings. The highest BCUT2D eigenvalue weighted by Gasteiger charge is 2.70. The summed E-state index contributed by atoms with van der Waals surface area (Å²) in [5, 5.41) is 22.2. The fourth-order valence-corrected chi connectivity index (χ4v) is 11.6. The number of aliphatic hydroxyl groups excluding tert-OH is 1. The Hall–Kier alpha value is -0.0800. The van der Waals surface area contributed by atoms with E-state index in [1.807, 2.05) is 0 Å². The molecule has 5 fully saturated rings. The molecule has 0 unspecified atom stereocenters. The quantitative estimate of drug-likeness (QED) is 0.414. The number of hydrogen-bond acceptors (Lipinski definition) is 2. The van der Waals surface area contributed by atoms with E-state index in [1.54, 1.807) is 0 Å². The van der Waals surface area contributed by atoms with Gasteiger partial charge >= 0.3 is 0 Å². The summed E-state index contributed by atoms with van der Waals surface area (Å²) in [6.07, 6.45) is 12.3. The molecule has 184 valence electrons. The van der Waals surface area contributed by atoms with Crippen molar-refractivity contribution in [2.75, 3.05) is 0 Å². The molecule has 11 atom stereocenters. The molecule has 0 aromatic carbocycles. The van der Waals surface area contributed by atoms with E-state index in [2.05, 4.69) is 55.4 Å². The average Bonchev–Trinajstić information content (AvgIpc) is 2.70. The topological polar surface area (TPSA) is 40.5 Å². The van der Waals surface area contributed by atoms with Crippen molar-refractivity contribution in [1.29, 1.82) is 0 Å². The van der Waals surface area contributed by atoms with Crippen molar-refractivity contribution in [2.24, 2.45) is 56.7 Å². The minimum atomic E-state index is -0.507. The Balaban J connectivity index is 1.54. The van der Waals surface area contributed by atoms with Gasteiger partial charge in [0, 0.05) is 0 Å². The van der Waals surface area contributed by atoms with Gasteiger partial charge in [0.1, 0.15) is 0 Å². The van der Waals surface area contributed by atoms with Crippen LogP contribution in [0.15, 0.2) is 0 Å². The van der Waals surface area contributed by atoms with Gasteiger partial charge in [-0.25, -0.2) is 0 Å². The first-order valence-electron chi connectivity index (χ1n) is 14.0. The molecule has 32 heavy (non-hydrogen) atoms. The molecule has 0 amide bonds. The first kappa shape index (κ1) is 23.7. The Morgan fingerprint density at radius 1 is 0.656 bits per heavy atom. The molecular weight excluding hydrogens is 392 g/mol. The molecule has 5 rings (SSSR count). The van der Waals surface area contributed by atoms with E-state index >= 15 is 0 Å². The molecule has 0 bridgehead atoms. The smallest absolute Gasteiger partial charge is 0.0648 e. The maximum atomic E-state index is 11.3. The highest BCUT2D eigenvalue weighted by Crippen LogP contribution is 2.77. The van der Waals surface area contributed by atoms with Crippen molar-refractivity contribution >= 4 is 0 Å². The van der Waals surface area contributed by atoms with E-state index < -0.39 is 5.60 Å². The van der Waals surface area contributed by atoms with Crippen LogP contribution < -0.4 is 0 Å². The second-order valence-corrected chi connectivity index (χ2v) is 15.4. The van der Waals surface area contributed by atoms with Gasteiger partial charge in [0.2, 0.25) is 0 Å². The lowest BCUT2D eigenvalue weighted by Gasteiger charge is -2.74. The van der Waals surface area contributed by atoms with Crippen molar-refractivity contribution in [3.8, 4) is 0 Å². The van der Waals surface area contributed by atoms with Crippen molar-refractivity contribution in [1.82, 2.24) is 0 Å². The highest BCUT2D eigenvalue weighted by atomic mass is 16.3. The number of aliphatic hydroxyl groups is 2. The predicted molar refractivity (Wildman–Crippen MR) is 132 cm³/mol. The van der Waals surface area contributed by atoms with Gasteiger partial charge in [-0.15, -0.1) is 0 Å². The molecule has 5 saturated carbocycles. The fourth-order valence-electron chi connectivity index (χ4n) is 11.6. The van der Waals surface area contributed by atoms with Crippen LogP contribution in [-0.2, 0) is 0 Å². The minimum Gasteiger partial charge on any atom is -0.393 e. The van der Waals surface area contributed by atoms with E-state index in [9.17, 15) is 10.2 Å². The van der Waals surface area contributed by atoms with E-state index in [-0.39, 0.29) is 11.5 Å². The van der Waals surface area contributed by atoms with Crippen molar-refractivity contribution in [3.63, 3.8) is 0 Å². The van der Waals surface area contributed by atoms with Gasteiger partial charge in [-0.05, 0) is 128 Å². The Bertz CT molecular complexity index is 771. The molecule has 2 heteroatoms. The Kier molecular flexibility index (Phi) is 5.01. The molecule has 2 N–H and O–H groups in total. The summed E-state index contributed by atoms with van der Waals surface area (Å²) in [6, 6.07) is 0. The highest BCUT2D eigenvalue weighted by molar-refractivity contribution is 5.19. The largest absolute Gasteiger partial charge is 0.393 e. The third kappa shape index (κ3) is 2.72. The summed E-state index contributed by atoms with van der Waals surface area (Å²) in [5.74, 6) is 3.19. The lowest BCUT2D eigenvalue weighted by atomic mass is 9.31. The Morgan fingerprint density at radius 3 is 2.00 bits per heavy atom. The van der Waals surface area contributed by atoms with Gasteiger partial charge < -0.3 is 10.2 Å². The first-order valence-corrected chi connectivity index (χ1v) is 14.0. The van der Waals surface area contributed by atoms with E-state index in [0.29, 0.717) is 39.4 Å². The third-order valence-electron chi connectivity index (χ3n) is 14.1. The van der Waals surface area contributed by atoms with Crippen molar-refractivity contribution < 1.29 is 10.2 Å². The number of fused-ring (bicyclic) bond motifs is 7. The zero-order valence-corrected chi connectivity index (χ0v) is 22.4. The molecule has 0 aromatic heterocycles. The summed E-state index contributed by atoms with van der Waals surface area (Å²) in [5.41, 5.74) is 1.04. The van der Waals surface area contributed by atoms with Crippen LogP contribution in [0.1, 0.15) is 120 Å². The summed E-state index contributed by atoms with van der Waals surface area (Å²) in [4.78, 5) is 0. The lowest BCUT2D eigenvalue weighted by molar-refractivity contribution is -0.264. The van der Waals surface area contributed by atoms with E-state index in [4.69, 9.17) is 0 Å². The van der Waals surface area contributed by atoms with E-state index in [0.717, 1.165) is 24.7 Å². The molecule has 0 saturated heterocycles. The zero-order chi connectivity index (χ0) is 23.5. The molecule has 0 spiro atoms. The van der Waals surface area contributed by atoms with Crippen LogP contribution >= 0.6 is 0 Å². The third-order valence-corrected chi connectivity index (χ3v) is 14.1. The van der Waals surface area contributed by atoms with Crippen LogP contribution in [0.5, 0.6) is 0 Å². The molecular formula is C30H52O2. The van der Waals surface area contributed by atoms with Crippen LogP contribution in [0.4, 0.5) is 0 Å². The maximum Gasteiger partial charge on any atom is 0.0648 e. The van der Waals surface area contributed by atoms with Crippen molar-refractivity contribution in [3.05, 3.63) is 0 Å². The van der Waals surface area contributed by atoms with Gasteiger partial charge in [0.25, 0.3) is 0 Å². The Labute approximate surface area is 198 Å². The normalized spacial score (nSPS) is 61.7. The second-order valence-electron chi connectivity index (χ2n) is 15.4. The molecule has 5 aliphatic rings. The van der Waals surface area contributed by atoms with Gasteiger partial charge in [0.05, 0.1) is 11.7 Å². The molecule has 0 heterocycles. The summed E-state index contributed by atoms with van der Waals surface area (Å²) >= 11 is 0. The number of hydrogen-bond donors (Lipinski definition) is 2. The molecule has 0 aliphatic heterocycles. The predicted octanol–water partition coefficient (Wildman–Crippen LogP) is 7.22. The minimum absolute atomic E-state index is 0.0355. The molecule has 0 radical (unpaired) electrons. The lowest BCUT2D eigenvalue weighted by Crippen LogP contribution is -2.68. The van der Waals surface area contributed by atoms with Gasteiger partial charge in [-0.2, -0.15) is 0 Å². The standard InChI is InChI=1S/C30H52O2/c1-19-24-20-9-10-22-27(5)13-12-23(31)25(2,3)21(27)11-14-29(22,7)28(20,6)17-15-26(24,4)16-18-30(19,8)32/h19-24,31-32H,9-18H2,1-8H3/t19-,20+,21-,22+,23-,24-,26-,27-,28+,29+,30-/m0/s1. The van der Waals surface area contributed by atoms with Crippen LogP contribution in [-0.4, -0.2) is 21.9 Å². The van der Waals surface area contributed by atoms with Crippen LogP contribution in [0, 0.1) is 56.7 Å². The summed E-state index contributed by atoms with van der Waals surface area (Å²) < 4.78 is 0. The van der Waals surface area contributed by atoms with Crippen LogP contribution in [0.3, 0.4) is 0 Å². The molecule has 5 aliphatic carbocycles. The Morgan fingerprint density at radius 2 is 1.31 bits per heavy atom. The van der Waals surface area contributed by atoms with Crippen LogP contribution in [0.25, 0.3) is 0 Å².